The third kappa shape index (κ3) is 6.38. The van der Waals surface area contributed by atoms with Gasteiger partial charge in [-0.1, -0.05) is 13.8 Å². The molecule has 1 aliphatic carbocycles. The standard InChI is InChI=1S/C40H50N8O5/c1-24(2)53-36-30-16-40(4,5)17-33(30)47-13-14-48(39(51)35(36)47)37-31(21-49)29(9-10-41-37)26-15-32(38(50)44(6)20-26)43-34-8-7-27(18-42-34)46-12-11-45(19-25(46)3)28-22-52-23-28/h7-10,15,18,20,24-25,28,49H,11-14,16-17,19,21-23H2,1-6H3,(H,42,43)/t25-/m0/s1. The molecule has 0 saturated carbocycles. The van der Waals surface area contributed by atoms with E-state index in [2.05, 4.69) is 50.4 Å². The van der Waals surface area contributed by atoms with Crippen LogP contribution in [0, 0.1) is 5.41 Å². The Morgan fingerprint density at radius 2 is 1.89 bits per heavy atom. The molecule has 2 saturated heterocycles. The number of piperazine rings is 1. The largest absolute Gasteiger partial charge is 0.488 e. The second-order valence-electron chi connectivity index (χ2n) is 16.0. The van der Waals surface area contributed by atoms with Crippen LogP contribution in [-0.4, -0.2) is 92.6 Å². The summed E-state index contributed by atoms with van der Waals surface area (Å²) in [5.41, 5.74) is 6.01. The van der Waals surface area contributed by atoms with E-state index in [4.69, 9.17) is 9.47 Å². The van der Waals surface area contributed by atoms with E-state index in [-0.39, 0.29) is 29.6 Å². The van der Waals surface area contributed by atoms with Gasteiger partial charge in [0, 0.05) is 80.6 Å². The Bertz CT molecular complexity index is 2100. The van der Waals surface area contributed by atoms with Crippen molar-refractivity contribution in [1.82, 2.24) is 24.0 Å². The molecular formula is C40H50N8O5. The molecule has 13 heteroatoms. The number of rotatable bonds is 9. The number of nitrogens with one attached hydrogen (secondary N) is 1. The Morgan fingerprint density at radius 3 is 2.57 bits per heavy atom. The first-order chi connectivity index (χ1) is 25.4. The second kappa shape index (κ2) is 13.6. The quantitative estimate of drug-likeness (QED) is 0.257. The molecule has 2 fully saturated rings. The maximum Gasteiger partial charge on any atom is 0.280 e. The van der Waals surface area contributed by atoms with Gasteiger partial charge in [-0.05, 0) is 68.9 Å². The van der Waals surface area contributed by atoms with Crippen LogP contribution in [0.15, 0.2) is 47.7 Å². The van der Waals surface area contributed by atoms with E-state index in [9.17, 15) is 14.7 Å². The SMILES string of the molecule is CC(C)Oc1c2c(n3c1C(=O)N(c1nccc(-c4cc(Nc5ccc(N6CCN(C7COC7)C[C@@H]6C)cn5)c(=O)n(C)c4)c1CO)CC3)CC(C)(C)C2. The van der Waals surface area contributed by atoms with Crippen molar-refractivity contribution >= 4 is 28.9 Å². The molecule has 0 spiro atoms. The highest BCUT2D eigenvalue weighted by Gasteiger charge is 2.42. The number of amides is 1. The van der Waals surface area contributed by atoms with Gasteiger partial charge in [0.1, 0.15) is 17.3 Å². The van der Waals surface area contributed by atoms with E-state index < -0.39 is 0 Å². The number of carbonyl (C=O) groups excluding carboxylic acids is 1. The zero-order valence-electron chi connectivity index (χ0n) is 31.6. The lowest BCUT2D eigenvalue weighted by Gasteiger charge is -2.46. The van der Waals surface area contributed by atoms with Gasteiger partial charge in [0.15, 0.2) is 11.4 Å². The normalized spacial score (nSPS) is 20.1. The fourth-order valence-corrected chi connectivity index (χ4v) is 8.52. The van der Waals surface area contributed by atoms with Crippen LogP contribution in [-0.2, 0) is 37.8 Å². The molecule has 7 heterocycles. The van der Waals surface area contributed by atoms with Crippen LogP contribution in [0.4, 0.5) is 23.0 Å². The molecule has 53 heavy (non-hydrogen) atoms. The van der Waals surface area contributed by atoms with Crippen molar-refractivity contribution in [2.45, 2.75) is 78.8 Å². The highest BCUT2D eigenvalue weighted by atomic mass is 16.5. The van der Waals surface area contributed by atoms with Crippen molar-refractivity contribution in [3.8, 4) is 16.9 Å². The second-order valence-corrected chi connectivity index (χ2v) is 16.0. The molecule has 4 aromatic rings. The van der Waals surface area contributed by atoms with Crippen LogP contribution >= 0.6 is 0 Å². The summed E-state index contributed by atoms with van der Waals surface area (Å²) in [6, 6.07) is 8.39. The maximum atomic E-state index is 14.4. The van der Waals surface area contributed by atoms with Gasteiger partial charge in [-0.25, -0.2) is 9.97 Å². The Morgan fingerprint density at radius 1 is 1.08 bits per heavy atom. The fourth-order valence-electron chi connectivity index (χ4n) is 8.52. The third-order valence-electron chi connectivity index (χ3n) is 11.2. The monoisotopic (exact) mass is 722 g/mol. The minimum absolute atomic E-state index is 0.0920. The molecule has 280 valence electrons. The summed E-state index contributed by atoms with van der Waals surface area (Å²) in [7, 11) is 1.70. The summed E-state index contributed by atoms with van der Waals surface area (Å²) in [4.78, 5) is 43.7. The highest BCUT2D eigenvalue weighted by molar-refractivity contribution is 6.08. The van der Waals surface area contributed by atoms with Crippen molar-refractivity contribution in [3.05, 3.63) is 75.7 Å². The molecule has 0 bridgehead atoms. The number of carbonyl (C=O) groups is 1. The van der Waals surface area contributed by atoms with Gasteiger partial charge in [0.25, 0.3) is 11.5 Å². The van der Waals surface area contributed by atoms with Crippen LogP contribution in [0.5, 0.6) is 5.75 Å². The average molecular weight is 723 g/mol. The van der Waals surface area contributed by atoms with Crippen LogP contribution in [0.2, 0.25) is 0 Å². The smallest absolute Gasteiger partial charge is 0.280 e. The third-order valence-corrected chi connectivity index (χ3v) is 11.2. The van der Waals surface area contributed by atoms with Gasteiger partial charge in [0.05, 0.1) is 43.9 Å². The lowest BCUT2D eigenvalue weighted by atomic mass is 9.90. The minimum Gasteiger partial charge on any atom is -0.488 e. The van der Waals surface area contributed by atoms with Gasteiger partial charge < -0.3 is 33.9 Å². The Labute approximate surface area is 310 Å². The number of aromatic nitrogens is 4. The Kier molecular flexibility index (Phi) is 9.06. The molecule has 3 aliphatic heterocycles. The summed E-state index contributed by atoms with van der Waals surface area (Å²) in [6.45, 7) is 15.9. The highest BCUT2D eigenvalue weighted by Crippen LogP contribution is 2.46. The lowest BCUT2D eigenvalue weighted by Crippen LogP contribution is -2.59. The predicted octanol–water partition coefficient (Wildman–Crippen LogP) is 4.36. The van der Waals surface area contributed by atoms with Crippen LogP contribution in [0.25, 0.3) is 11.1 Å². The number of anilines is 4. The Balaban J connectivity index is 1.06. The summed E-state index contributed by atoms with van der Waals surface area (Å²) < 4.78 is 15.4. The number of pyridine rings is 3. The molecule has 0 radical (unpaired) electrons. The van der Waals surface area contributed by atoms with Crippen molar-refractivity contribution in [2.75, 3.05) is 54.5 Å². The number of aliphatic hydroxyl groups excluding tert-OH is 1. The van der Waals surface area contributed by atoms with Crippen molar-refractivity contribution in [2.24, 2.45) is 12.5 Å². The molecule has 13 nitrogen and oxygen atoms in total. The Hall–Kier alpha value is -4.72. The number of hydrogen-bond acceptors (Lipinski definition) is 10. The summed E-state index contributed by atoms with van der Waals surface area (Å²) in [5, 5.41) is 14.1. The molecule has 4 aliphatic rings. The molecule has 1 amide bonds. The molecule has 0 unspecified atom stereocenters. The molecule has 8 rings (SSSR count). The van der Waals surface area contributed by atoms with Gasteiger partial charge >= 0.3 is 0 Å². The van der Waals surface area contributed by atoms with Crippen LogP contribution < -0.4 is 25.4 Å². The van der Waals surface area contributed by atoms with Gasteiger partial charge in [-0.2, -0.15) is 0 Å². The van der Waals surface area contributed by atoms with E-state index in [1.807, 2.05) is 38.2 Å². The van der Waals surface area contributed by atoms with E-state index in [1.165, 1.54) is 10.3 Å². The van der Waals surface area contributed by atoms with Gasteiger partial charge in [-0.3, -0.25) is 19.4 Å². The lowest BCUT2D eigenvalue weighted by molar-refractivity contribution is -0.0691. The molecule has 2 N–H and O–H groups in total. The zero-order valence-corrected chi connectivity index (χ0v) is 31.6. The van der Waals surface area contributed by atoms with Crippen LogP contribution in [0.3, 0.4) is 0 Å². The van der Waals surface area contributed by atoms with Gasteiger partial charge in [-0.15, -0.1) is 0 Å². The van der Waals surface area contributed by atoms with Crippen molar-refractivity contribution < 1.29 is 19.4 Å². The van der Waals surface area contributed by atoms with E-state index in [1.54, 1.807) is 30.4 Å². The number of aliphatic hydroxyl groups is 1. The topological polar surface area (TPSA) is 130 Å². The first kappa shape index (κ1) is 35.3. The van der Waals surface area contributed by atoms with E-state index >= 15 is 0 Å². The fraction of sp³-hybridized carbons (Fsp3) is 0.500. The minimum atomic E-state index is -0.348. The van der Waals surface area contributed by atoms with Crippen LogP contribution in [0.1, 0.15) is 61.9 Å². The van der Waals surface area contributed by atoms with Crippen molar-refractivity contribution in [1.29, 1.82) is 0 Å². The summed E-state index contributed by atoms with van der Waals surface area (Å²) in [6.07, 6.45) is 6.89. The number of nitrogens with zero attached hydrogens (tertiary/aromatic N) is 7. The molecule has 0 aromatic carbocycles. The van der Waals surface area contributed by atoms with E-state index in [0.29, 0.717) is 70.6 Å². The first-order valence-electron chi connectivity index (χ1n) is 18.8. The number of fused-ring (bicyclic) bond motifs is 3. The summed E-state index contributed by atoms with van der Waals surface area (Å²) in [5.74, 6) is 1.43. The number of ether oxygens (including phenoxy) is 2. The van der Waals surface area contributed by atoms with Crippen molar-refractivity contribution in [3.63, 3.8) is 0 Å². The average Bonchev–Trinajstić information content (AvgIpc) is 3.56. The van der Waals surface area contributed by atoms with E-state index in [0.717, 1.165) is 56.9 Å². The van der Waals surface area contributed by atoms with Gasteiger partial charge in [0.2, 0.25) is 0 Å². The first-order valence-corrected chi connectivity index (χ1v) is 18.8. The molecule has 4 aromatic heterocycles. The molecule has 1 atom stereocenters. The number of aryl methyl sites for hydroxylation is 1. The maximum absolute atomic E-state index is 14.4. The summed E-state index contributed by atoms with van der Waals surface area (Å²) >= 11 is 0. The zero-order chi connectivity index (χ0) is 37.2. The molecular weight excluding hydrogens is 672 g/mol. The number of hydrogen-bond donors (Lipinski definition) is 2. The predicted molar refractivity (Wildman–Crippen MR) is 204 cm³/mol.